The maximum atomic E-state index is 11.9. The largest absolute Gasteiger partial charge is 0.354 e. The van der Waals surface area contributed by atoms with E-state index in [2.05, 4.69) is 10.4 Å². The maximum absolute atomic E-state index is 11.9. The first kappa shape index (κ1) is 16.4. The van der Waals surface area contributed by atoms with Crippen LogP contribution in [0.25, 0.3) is 10.6 Å². The van der Waals surface area contributed by atoms with Crippen LogP contribution in [0.5, 0.6) is 0 Å². The number of rotatable bonds is 7. The lowest BCUT2D eigenvalue weighted by atomic mass is 10.0. The zero-order chi connectivity index (χ0) is 15.9. The van der Waals surface area contributed by atoms with E-state index in [0.29, 0.717) is 13.1 Å². The molecule has 0 aliphatic heterocycles. The van der Waals surface area contributed by atoms with Gasteiger partial charge >= 0.3 is 0 Å². The Hall–Kier alpha value is -1.95. The predicted octanol–water partition coefficient (Wildman–Crippen LogP) is 2.52. The van der Waals surface area contributed by atoms with Crippen molar-refractivity contribution < 1.29 is 4.79 Å². The van der Waals surface area contributed by atoms with Gasteiger partial charge in [-0.25, -0.2) is 4.68 Å². The van der Waals surface area contributed by atoms with E-state index in [1.165, 1.54) is 10.7 Å². The molecule has 0 aliphatic carbocycles. The van der Waals surface area contributed by atoms with Gasteiger partial charge in [0.2, 0.25) is 5.91 Å². The Morgan fingerprint density at radius 1 is 1.32 bits per heavy atom. The molecular weight excluding hydrogens is 298 g/mol. The fourth-order valence-electron chi connectivity index (χ4n) is 2.25. The highest BCUT2D eigenvalue weighted by Gasteiger charge is 2.13. The minimum Gasteiger partial charge on any atom is -0.354 e. The Morgan fingerprint density at radius 2 is 2.09 bits per heavy atom. The molecule has 5 nitrogen and oxygen atoms in total. The van der Waals surface area contributed by atoms with Crippen molar-refractivity contribution in [3.8, 4) is 10.6 Å². The van der Waals surface area contributed by atoms with Gasteiger partial charge < -0.3 is 5.32 Å². The Labute approximate surface area is 134 Å². The Morgan fingerprint density at radius 3 is 2.73 bits per heavy atom. The van der Waals surface area contributed by atoms with E-state index in [-0.39, 0.29) is 17.4 Å². The molecule has 2 aromatic heterocycles. The molecule has 0 unspecified atom stereocenters. The van der Waals surface area contributed by atoms with Crippen molar-refractivity contribution in [1.29, 1.82) is 0 Å². The summed E-state index contributed by atoms with van der Waals surface area (Å²) in [5.41, 5.74) is 0.623. The third-order valence-corrected chi connectivity index (χ3v) is 4.51. The normalized spacial score (nSPS) is 10.9. The molecule has 22 heavy (non-hydrogen) atoms. The molecule has 0 radical (unpaired) electrons. The van der Waals surface area contributed by atoms with Gasteiger partial charge in [-0.1, -0.05) is 19.9 Å². The lowest BCUT2D eigenvalue weighted by molar-refractivity contribution is -0.125. The molecule has 1 amide bonds. The van der Waals surface area contributed by atoms with Crippen molar-refractivity contribution in [2.75, 3.05) is 6.54 Å². The number of amides is 1. The molecule has 0 fully saturated rings. The van der Waals surface area contributed by atoms with Crippen molar-refractivity contribution in [2.24, 2.45) is 5.92 Å². The summed E-state index contributed by atoms with van der Waals surface area (Å²) >= 11 is 1.58. The first-order valence-electron chi connectivity index (χ1n) is 7.55. The van der Waals surface area contributed by atoms with Crippen LogP contribution >= 0.6 is 11.3 Å². The fourth-order valence-corrected chi connectivity index (χ4v) is 2.94. The van der Waals surface area contributed by atoms with Gasteiger partial charge in [-0.3, -0.25) is 9.59 Å². The van der Waals surface area contributed by atoms with E-state index in [9.17, 15) is 9.59 Å². The fraction of sp³-hybridized carbons (Fsp3) is 0.438. The summed E-state index contributed by atoms with van der Waals surface area (Å²) in [6.07, 6.45) is 1.66. The number of aromatic nitrogens is 2. The van der Waals surface area contributed by atoms with Gasteiger partial charge in [0.1, 0.15) is 5.69 Å². The molecule has 0 aromatic carbocycles. The van der Waals surface area contributed by atoms with E-state index in [1.54, 1.807) is 17.4 Å². The van der Waals surface area contributed by atoms with E-state index < -0.39 is 0 Å². The minimum atomic E-state index is -0.155. The lowest BCUT2D eigenvalue weighted by Crippen LogP contribution is -2.35. The van der Waals surface area contributed by atoms with Gasteiger partial charge in [-0.05, 0) is 30.4 Å². The topological polar surface area (TPSA) is 64.0 Å². The van der Waals surface area contributed by atoms with Crippen molar-refractivity contribution in [3.63, 3.8) is 0 Å². The molecule has 2 heterocycles. The number of hydrogen-bond acceptors (Lipinski definition) is 4. The SMILES string of the molecule is CCC(CC)C(=O)NCCn1nc(-c2cccs2)ccc1=O. The number of nitrogens with zero attached hydrogens (tertiary/aromatic N) is 2. The highest BCUT2D eigenvalue weighted by molar-refractivity contribution is 7.13. The summed E-state index contributed by atoms with van der Waals surface area (Å²) in [5, 5.41) is 9.21. The van der Waals surface area contributed by atoms with E-state index in [0.717, 1.165) is 23.4 Å². The first-order chi connectivity index (χ1) is 10.7. The van der Waals surface area contributed by atoms with Gasteiger partial charge in [0.15, 0.2) is 0 Å². The van der Waals surface area contributed by atoms with Crippen LogP contribution in [0.3, 0.4) is 0 Å². The number of hydrogen-bond donors (Lipinski definition) is 1. The summed E-state index contributed by atoms with van der Waals surface area (Å²) in [6.45, 7) is 4.80. The van der Waals surface area contributed by atoms with E-state index in [4.69, 9.17) is 0 Å². The highest BCUT2D eigenvalue weighted by atomic mass is 32.1. The van der Waals surface area contributed by atoms with Gasteiger partial charge in [0.25, 0.3) is 5.56 Å². The Balaban J connectivity index is 2.00. The monoisotopic (exact) mass is 319 g/mol. The molecule has 118 valence electrons. The molecule has 0 spiro atoms. The Bertz CT molecular complexity index is 660. The molecule has 0 atom stereocenters. The van der Waals surface area contributed by atoms with Crippen LogP contribution in [0, 0.1) is 5.92 Å². The second kappa shape index (κ2) is 7.89. The van der Waals surface area contributed by atoms with Crippen molar-refractivity contribution in [2.45, 2.75) is 33.2 Å². The number of thiophene rings is 1. The van der Waals surface area contributed by atoms with Crippen LogP contribution in [-0.2, 0) is 11.3 Å². The van der Waals surface area contributed by atoms with Crippen LogP contribution in [0.1, 0.15) is 26.7 Å². The van der Waals surface area contributed by atoms with Crippen molar-refractivity contribution >= 4 is 17.2 Å². The maximum Gasteiger partial charge on any atom is 0.266 e. The molecule has 0 saturated carbocycles. The quantitative estimate of drug-likeness (QED) is 0.853. The van der Waals surface area contributed by atoms with Crippen LogP contribution in [0.15, 0.2) is 34.4 Å². The van der Waals surface area contributed by atoms with Gasteiger partial charge in [0.05, 0.1) is 11.4 Å². The summed E-state index contributed by atoms with van der Waals surface area (Å²) in [6, 6.07) is 7.17. The molecule has 0 bridgehead atoms. The molecule has 6 heteroatoms. The molecule has 2 rings (SSSR count). The average Bonchev–Trinajstić information content (AvgIpc) is 3.04. The molecular formula is C16H21N3O2S. The molecule has 0 saturated heterocycles. The average molecular weight is 319 g/mol. The second-order valence-corrected chi connectivity index (χ2v) is 6.01. The van der Waals surface area contributed by atoms with Crippen LogP contribution in [-0.4, -0.2) is 22.2 Å². The van der Waals surface area contributed by atoms with Crippen LogP contribution < -0.4 is 10.9 Å². The highest BCUT2D eigenvalue weighted by Crippen LogP contribution is 2.20. The van der Waals surface area contributed by atoms with Crippen LogP contribution in [0.2, 0.25) is 0 Å². The molecule has 1 N–H and O–H groups in total. The second-order valence-electron chi connectivity index (χ2n) is 5.06. The molecule has 2 aromatic rings. The van der Waals surface area contributed by atoms with Gasteiger partial charge in [-0.15, -0.1) is 11.3 Å². The Kier molecular flexibility index (Phi) is 5.89. The zero-order valence-electron chi connectivity index (χ0n) is 12.9. The van der Waals surface area contributed by atoms with Crippen molar-refractivity contribution in [3.05, 3.63) is 40.0 Å². The standard InChI is InChI=1S/C16H21N3O2S/c1-3-12(4-2)16(21)17-9-10-19-15(20)8-7-13(18-19)14-6-5-11-22-14/h5-8,11-12H,3-4,9-10H2,1-2H3,(H,17,21). The van der Waals surface area contributed by atoms with Gasteiger partial charge in [0, 0.05) is 18.5 Å². The minimum absolute atomic E-state index is 0.0436. The third-order valence-electron chi connectivity index (χ3n) is 3.62. The van der Waals surface area contributed by atoms with Crippen molar-refractivity contribution in [1.82, 2.24) is 15.1 Å². The van der Waals surface area contributed by atoms with E-state index in [1.807, 2.05) is 31.4 Å². The number of nitrogens with one attached hydrogen (secondary N) is 1. The zero-order valence-corrected chi connectivity index (χ0v) is 13.7. The van der Waals surface area contributed by atoms with Crippen LogP contribution in [0.4, 0.5) is 0 Å². The number of carbonyl (C=O) groups excluding carboxylic acids is 1. The van der Waals surface area contributed by atoms with E-state index >= 15 is 0 Å². The van der Waals surface area contributed by atoms with Gasteiger partial charge in [-0.2, -0.15) is 5.10 Å². The summed E-state index contributed by atoms with van der Waals surface area (Å²) in [5.74, 6) is 0.0922. The predicted molar refractivity (Wildman–Crippen MR) is 88.9 cm³/mol. The lowest BCUT2D eigenvalue weighted by Gasteiger charge is -2.13. The summed E-state index contributed by atoms with van der Waals surface area (Å²) < 4.78 is 1.40. The summed E-state index contributed by atoms with van der Waals surface area (Å²) in [4.78, 5) is 24.8. The third kappa shape index (κ3) is 4.04. The smallest absolute Gasteiger partial charge is 0.266 e. The number of carbonyl (C=O) groups is 1. The summed E-state index contributed by atoms with van der Waals surface area (Å²) in [7, 11) is 0. The molecule has 0 aliphatic rings. The first-order valence-corrected chi connectivity index (χ1v) is 8.43.